The van der Waals surface area contributed by atoms with Crippen molar-refractivity contribution in [3.8, 4) is 0 Å². The summed E-state index contributed by atoms with van der Waals surface area (Å²) in [5.41, 5.74) is 3.70. The molecule has 23 heavy (non-hydrogen) atoms. The van der Waals surface area contributed by atoms with Crippen molar-refractivity contribution in [3.63, 3.8) is 0 Å². The normalized spacial score (nSPS) is 13.4. The summed E-state index contributed by atoms with van der Waals surface area (Å²) in [6, 6.07) is 13.4. The number of halogens is 1. The van der Waals surface area contributed by atoms with Crippen LogP contribution in [0.1, 0.15) is 24.0 Å². The average molecular weight is 343 g/mol. The van der Waals surface area contributed by atoms with Crippen molar-refractivity contribution in [1.29, 1.82) is 0 Å². The highest BCUT2D eigenvalue weighted by Gasteiger charge is 2.12. The minimum atomic E-state index is -0.203. The van der Waals surface area contributed by atoms with E-state index in [4.69, 9.17) is 0 Å². The molecule has 0 N–H and O–H groups in total. The second kappa shape index (κ2) is 7.41. The Labute approximate surface area is 145 Å². The Morgan fingerprint density at radius 2 is 1.61 bits per heavy atom. The molecule has 0 saturated carbocycles. The van der Waals surface area contributed by atoms with Gasteiger partial charge in [-0.05, 0) is 47.8 Å². The standard InChI is InChI=1S/C20H19FS2/c1-14(7-8-15(2)17-5-3-4-6-18(17)21)16-9-10-19-20(13-16)23-12-11-22-19/h3-6,9-10,13H,1-2,7-8,11-12H2. The van der Waals surface area contributed by atoms with Crippen LogP contribution in [0.4, 0.5) is 4.39 Å². The molecule has 0 aromatic heterocycles. The molecule has 118 valence electrons. The number of benzene rings is 2. The smallest absolute Gasteiger partial charge is 0.130 e. The van der Waals surface area contributed by atoms with Crippen LogP contribution < -0.4 is 0 Å². The van der Waals surface area contributed by atoms with Crippen LogP contribution >= 0.6 is 23.5 Å². The molecular formula is C20H19FS2. The molecule has 0 spiro atoms. The summed E-state index contributed by atoms with van der Waals surface area (Å²) in [4.78, 5) is 2.72. The van der Waals surface area contributed by atoms with Gasteiger partial charge >= 0.3 is 0 Å². The van der Waals surface area contributed by atoms with E-state index < -0.39 is 0 Å². The fourth-order valence-corrected chi connectivity index (χ4v) is 4.84. The number of hydrogen-bond donors (Lipinski definition) is 0. The zero-order valence-electron chi connectivity index (χ0n) is 13.0. The molecule has 3 heteroatoms. The fraction of sp³-hybridized carbons (Fsp3) is 0.200. The Hall–Kier alpha value is -1.45. The van der Waals surface area contributed by atoms with Gasteiger partial charge in [-0.15, -0.1) is 23.5 Å². The molecule has 0 radical (unpaired) electrons. The largest absolute Gasteiger partial charge is 0.206 e. The van der Waals surface area contributed by atoms with Crippen LogP contribution in [-0.2, 0) is 0 Å². The van der Waals surface area contributed by atoms with Crippen molar-refractivity contribution in [2.24, 2.45) is 0 Å². The summed E-state index contributed by atoms with van der Waals surface area (Å²) in [6.45, 7) is 8.24. The minimum Gasteiger partial charge on any atom is -0.206 e. The number of allylic oxidation sites excluding steroid dienone is 2. The first-order valence-electron chi connectivity index (χ1n) is 7.65. The van der Waals surface area contributed by atoms with Crippen LogP contribution in [0.15, 0.2) is 65.4 Å². The van der Waals surface area contributed by atoms with E-state index in [2.05, 4.69) is 31.4 Å². The van der Waals surface area contributed by atoms with Gasteiger partial charge in [-0.25, -0.2) is 4.39 Å². The second-order valence-corrected chi connectivity index (χ2v) is 7.82. The van der Waals surface area contributed by atoms with Gasteiger partial charge in [-0.2, -0.15) is 0 Å². The first-order valence-corrected chi connectivity index (χ1v) is 9.63. The molecule has 0 amide bonds. The third kappa shape index (κ3) is 3.91. The maximum atomic E-state index is 13.8. The molecule has 1 aliphatic heterocycles. The van der Waals surface area contributed by atoms with Gasteiger partial charge in [0.15, 0.2) is 0 Å². The van der Waals surface area contributed by atoms with Crippen molar-refractivity contribution in [2.75, 3.05) is 11.5 Å². The van der Waals surface area contributed by atoms with E-state index in [9.17, 15) is 4.39 Å². The predicted octanol–water partition coefficient (Wildman–Crippen LogP) is 6.53. The van der Waals surface area contributed by atoms with E-state index in [-0.39, 0.29) is 5.82 Å². The highest BCUT2D eigenvalue weighted by molar-refractivity contribution is 8.05. The minimum absolute atomic E-state index is 0.203. The van der Waals surface area contributed by atoms with Crippen molar-refractivity contribution >= 4 is 34.7 Å². The van der Waals surface area contributed by atoms with Crippen LogP contribution in [0.5, 0.6) is 0 Å². The van der Waals surface area contributed by atoms with Gasteiger partial charge in [0, 0.05) is 26.9 Å². The zero-order valence-corrected chi connectivity index (χ0v) is 14.6. The van der Waals surface area contributed by atoms with Crippen LogP contribution in [-0.4, -0.2) is 11.5 Å². The van der Waals surface area contributed by atoms with Crippen LogP contribution in [0.3, 0.4) is 0 Å². The Bertz CT molecular complexity index is 749. The van der Waals surface area contributed by atoms with E-state index >= 15 is 0 Å². The summed E-state index contributed by atoms with van der Waals surface area (Å²) >= 11 is 3.83. The van der Waals surface area contributed by atoms with Crippen molar-refractivity contribution in [1.82, 2.24) is 0 Å². The predicted molar refractivity (Wildman–Crippen MR) is 102 cm³/mol. The summed E-state index contributed by atoms with van der Waals surface area (Å²) in [6.07, 6.45) is 1.52. The number of thioether (sulfide) groups is 2. The summed E-state index contributed by atoms with van der Waals surface area (Å²) in [5, 5.41) is 0. The molecule has 1 aliphatic rings. The number of hydrogen-bond acceptors (Lipinski definition) is 2. The third-order valence-electron chi connectivity index (χ3n) is 3.93. The Balaban J connectivity index is 1.66. The van der Waals surface area contributed by atoms with Crippen molar-refractivity contribution in [3.05, 3.63) is 72.6 Å². The molecule has 0 saturated heterocycles. The summed E-state index contributed by atoms with van der Waals surface area (Å²) < 4.78 is 13.8. The topological polar surface area (TPSA) is 0 Å². The van der Waals surface area contributed by atoms with Gasteiger partial charge in [0.1, 0.15) is 5.82 Å². The second-order valence-electron chi connectivity index (χ2n) is 5.55. The maximum absolute atomic E-state index is 13.8. The van der Waals surface area contributed by atoms with Crippen molar-refractivity contribution in [2.45, 2.75) is 22.6 Å². The Morgan fingerprint density at radius 1 is 0.913 bits per heavy atom. The van der Waals surface area contributed by atoms with Crippen LogP contribution in [0.2, 0.25) is 0 Å². The van der Waals surface area contributed by atoms with Gasteiger partial charge < -0.3 is 0 Å². The quantitative estimate of drug-likeness (QED) is 0.606. The van der Waals surface area contributed by atoms with E-state index in [1.807, 2.05) is 29.6 Å². The Kier molecular flexibility index (Phi) is 5.29. The lowest BCUT2D eigenvalue weighted by atomic mass is 9.96. The maximum Gasteiger partial charge on any atom is 0.130 e. The molecule has 0 atom stereocenters. The lowest BCUT2D eigenvalue weighted by Gasteiger charge is -2.16. The van der Waals surface area contributed by atoms with Gasteiger partial charge in [0.05, 0.1) is 0 Å². The van der Waals surface area contributed by atoms with Gasteiger partial charge in [-0.1, -0.05) is 37.4 Å². The van der Waals surface area contributed by atoms with Gasteiger partial charge in [-0.3, -0.25) is 0 Å². The molecule has 0 unspecified atom stereocenters. The van der Waals surface area contributed by atoms with E-state index in [1.165, 1.54) is 27.2 Å². The monoisotopic (exact) mass is 342 g/mol. The summed E-state index contributed by atoms with van der Waals surface area (Å²) in [5.74, 6) is 2.14. The number of fused-ring (bicyclic) bond motifs is 1. The first kappa shape index (κ1) is 16.4. The third-order valence-corrected chi connectivity index (χ3v) is 6.45. The molecule has 0 nitrogen and oxygen atoms in total. The molecular weight excluding hydrogens is 323 g/mol. The first-order chi connectivity index (χ1) is 11.1. The van der Waals surface area contributed by atoms with E-state index in [0.29, 0.717) is 5.56 Å². The SMILES string of the molecule is C=C(CCC(=C)c1ccccc1F)c1ccc2c(c1)SCCS2. The number of rotatable bonds is 5. The zero-order chi connectivity index (χ0) is 16.2. The van der Waals surface area contributed by atoms with Crippen LogP contribution in [0, 0.1) is 5.82 Å². The van der Waals surface area contributed by atoms with Crippen LogP contribution in [0.25, 0.3) is 11.1 Å². The highest BCUT2D eigenvalue weighted by atomic mass is 32.2. The fourth-order valence-electron chi connectivity index (χ4n) is 2.59. The van der Waals surface area contributed by atoms with Gasteiger partial charge in [0.2, 0.25) is 0 Å². The molecule has 0 fully saturated rings. The molecule has 0 aliphatic carbocycles. The summed E-state index contributed by atoms with van der Waals surface area (Å²) in [7, 11) is 0. The molecule has 3 rings (SSSR count). The molecule has 1 heterocycles. The van der Waals surface area contributed by atoms with Crippen molar-refractivity contribution < 1.29 is 4.39 Å². The Morgan fingerprint density at radius 3 is 2.39 bits per heavy atom. The molecule has 2 aromatic carbocycles. The van der Waals surface area contributed by atoms with E-state index in [0.717, 1.165) is 29.7 Å². The molecule has 2 aromatic rings. The highest BCUT2D eigenvalue weighted by Crippen LogP contribution is 2.38. The van der Waals surface area contributed by atoms with Gasteiger partial charge in [0.25, 0.3) is 0 Å². The molecule has 0 bridgehead atoms. The average Bonchev–Trinajstić information content (AvgIpc) is 2.59. The lowest BCUT2D eigenvalue weighted by molar-refractivity contribution is 0.623. The lowest BCUT2D eigenvalue weighted by Crippen LogP contribution is -1.95. The van der Waals surface area contributed by atoms with E-state index in [1.54, 1.807) is 12.1 Å².